The zero-order valence-corrected chi connectivity index (χ0v) is 16.3. The van der Waals surface area contributed by atoms with Crippen LogP contribution in [0.5, 0.6) is 0 Å². The predicted molar refractivity (Wildman–Crippen MR) is 103 cm³/mol. The molecular formula is C18H25N5O3S. The number of H-pyrrole nitrogens is 1. The monoisotopic (exact) mass is 391 g/mol. The predicted octanol–water partition coefficient (Wildman–Crippen LogP) is 0.813. The molecule has 0 aliphatic carbocycles. The average molecular weight is 391 g/mol. The average Bonchev–Trinajstić information content (AvgIpc) is 3.03. The minimum Gasteiger partial charge on any atom is -0.347 e. The second-order valence-electron chi connectivity index (χ2n) is 6.94. The number of hydrogen-bond donors (Lipinski definition) is 4. The molecule has 0 bridgehead atoms. The Hall–Kier alpha value is -2.23. The van der Waals surface area contributed by atoms with Gasteiger partial charge in [0.1, 0.15) is 0 Å². The summed E-state index contributed by atoms with van der Waals surface area (Å²) in [6, 6.07) is 7.04. The van der Waals surface area contributed by atoms with E-state index in [0.29, 0.717) is 17.8 Å². The number of nitrogens with zero attached hydrogens (tertiary/aromatic N) is 1. The van der Waals surface area contributed by atoms with Crippen molar-refractivity contribution in [2.24, 2.45) is 0 Å². The van der Waals surface area contributed by atoms with E-state index in [1.165, 1.54) is 0 Å². The van der Waals surface area contributed by atoms with E-state index >= 15 is 0 Å². The first-order valence-electron chi connectivity index (χ1n) is 8.97. The molecular weight excluding hydrogens is 366 g/mol. The van der Waals surface area contributed by atoms with E-state index in [4.69, 9.17) is 0 Å². The maximum atomic E-state index is 12.5. The highest BCUT2D eigenvalue weighted by atomic mass is 32.2. The molecule has 1 amide bonds. The standard InChI is InChI=1S/C18H25N5O3S/c1-12(2)23-27(25,26)11-14-6-4-3-5-13(14)9-20-18(24)17-15-10-19-8-7-16(15)21-22-17/h3-6,12,19,23H,7-11H2,1-2H3,(H,20,24)(H,21,22). The van der Waals surface area contributed by atoms with Gasteiger partial charge in [-0.05, 0) is 25.0 Å². The fourth-order valence-corrected chi connectivity index (χ4v) is 4.64. The molecule has 1 aromatic heterocycles. The van der Waals surface area contributed by atoms with Crippen molar-refractivity contribution in [2.75, 3.05) is 6.54 Å². The van der Waals surface area contributed by atoms with Gasteiger partial charge in [-0.15, -0.1) is 0 Å². The zero-order chi connectivity index (χ0) is 19.4. The molecule has 3 rings (SSSR count). The molecule has 9 heteroatoms. The molecule has 1 aromatic carbocycles. The van der Waals surface area contributed by atoms with Gasteiger partial charge in [-0.3, -0.25) is 9.89 Å². The molecule has 1 aliphatic heterocycles. The topological polar surface area (TPSA) is 116 Å². The summed E-state index contributed by atoms with van der Waals surface area (Å²) in [5.41, 5.74) is 3.71. The summed E-state index contributed by atoms with van der Waals surface area (Å²) in [6.07, 6.45) is 0.819. The van der Waals surface area contributed by atoms with Crippen LogP contribution in [0, 0.1) is 0 Å². The number of sulfonamides is 1. The minimum atomic E-state index is -3.44. The lowest BCUT2D eigenvalue weighted by atomic mass is 10.1. The number of rotatable bonds is 7. The van der Waals surface area contributed by atoms with Gasteiger partial charge >= 0.3 is 0 Å². The lowest BCUT2D eigenvalue weighted by molar-refractivity contribution is 0.0944. The first-order valence-corrected chi connectivity index (χ1v) is 10.6. The van der Waals surface area contributed by atoms with Gasteiger partial charge in [0.05, 0.1) is 5.75 Å². The SMILES string of the molecule is CC(C)NS(=O)(=O)Cc1ccccc1CNC(=O)c1n[nH]c2c1CNCC2. The zero-order valence-electron chi connectivity index (χ0n) is 15.5. The Kier molecular flexibility index (Phi) is 5.93. The van der Waals surface area contributed by atoms with E-state index < -0.39 is 10.0 Å². The number of benzene rings is 1. The third kappa shape index (κ3) is 4.94. The fourth-order valence-electron chi connectivity index (χ4n) is 3.15. The molecule has 4 N–H and O–H groups in total. The molecule has 2 aromatic rings. The van der Waals surface area contributed by atoms with Crippen molar-refractivity contribution in [1.29, 1.82) is 0 Å². The van der Waals surface area contributed by atoms with Crippen molar-refractivity contribution in [3.8, 4) is 0 Å². The summed E-state index contributed by atoms with van der Waals surface area (Å²) < 4.78 is 27.0. The third-order valence-corrected chi connectivity index (χ3v) is 5.86. The Labute approximate surface area is 159 Å². The largest absolute Gasteiger partial charge is 0.347 e. The van der Waals surface area contributed by atoms with Gasteiger partial charge in [-0.1, -0.05) is 24.3 Å². The number of carbonyl (C=O) groups excluding carboxylic acids is 1. The van der Waals surface area contributed by atoms with E-state index in [9.17, 15) is 13.2 Å². The van der Waals surface area contributed by atoms with Gasteiger partial charge in [0.25, 0.3) is 5.91 Å². The number of aromatic amines is 1. The maximum Gasteiger partial charge on any atom is 0.272 e. The van der Waals surface area contributed by atoms with Crippen LogP contribution in [0.1, 0.15) is 46.7 Å². The number of aromatic nitrogens is 2. The van der Waals surface area contributed by atoms with E-state index in [2.05, 4.69) is 25.6 Å². The Morgan fingerprint density at radius 2 is 2.00 bits per heavy atom. The maximum absolute atomic E-state index is 12.5. The highest BCUT2D eigenvalue weighted by Crippen LogP contribution is 2.16. The van der Waals surface area contributed by atoms with Gasteiger partial charge in [-0.2, -0.15) is 5.10 Å². The van der Waals surface area contributed by atoms with E-state index in [1.807, 2.05) is 12.1 Å². The third-order valence-electron chi connectivity index (χ3n) is 4.34. The quantitative estimate of drug-likeness (QED) is 0.557. The Balaban J connectivity index is 1.70. The number of amides is 1. The summed E-state index contributed by atoms with van der Waals surface area (Å²) in [4.78, 5) is 12.5. The van der Waals surface area contributed by atoms with Gasteiger partial charge in [0.15, 0.2) is 5.69 Å². The van der Waals surface area contributed by atoms with Crippen molar-refractivity contribution >= 4 is 15.9 Å². The Morgan fingerprint density at radius 1 is 1.26 bits per heavy atom. The van der Waals surface area contributed by atoms with Gasteiger partial charge in [0.2, 0.25) is 10.0 Å². The van der Waals surface area contributed by atoms with E-state index in [0.717, 1.165) is 29.8 Å². The van der Waals surface area contributed by atoms with Crippen LogP contribution in [0.15, 0.2) is 24.3 Å². The van der Waals surface area contributed by atoms with Gasteiger partial charge in [0, 0.05) is 43.4 Å². The Morgan fingerprint density at radius 3 is 2.74 bits per heavy atom. The van der Waals surface area contributed by atoms with Crippen LogP contribution in [0.2, 0.25) is 0 Å². The number of hydrogen-bond acceptors (Lipinski definition) is 5. The van der Waals surface area contributed by atoms with Crippen molar-refractivity contribution in [3.05, 3.63) is 52.3 Å². The molecule has 146 valence electrons. The van der Waals surface area contributed by atoms with Crippen molar-refractivity contribution in [1.82, 2.24) is 25.6 Å². The number of carbonyl (C=O) groups is 1. The molecule has 27 heavy (non-hydrogen) atoms. The summed E-state index contributed by atoms with van der Waals surface area (Å²) >= 11 is 0. The van der Waals surface area contributed by atoms with Crippen molar-refractivity contribution in [2.45, 2.75) is 45.2 Å². The molecule has 0 fully saturated rings. The molecule has 0 atom stereocenters. The molecule has 0 saturated heterocycles. The molecule has 2 heterocycles. The Bertz CT molecular complexity index is 921. The smallest absolute Gasteiger partial charge is 0.272 e. The fraction of sp³-hybridized carbons (Fsp3) is 0.444. The summed E-state index contributed by atoms with van der Waals surface area (Å²) in [5, 5.41) is 13.2. The van der Waals surface area contributed by atoms with Crippen LogP contribution in [-0.2, 0) is 35.3 Å². The number of fused-ring (bicyclic) bond motifs is 1. The van der Waals surface area contributed by atoms with E-state index in [-0.39, 0.29) is 24.2 Å². The van der Waals surface area contributed by atoms with Gasteiger partial charge < -0.3 is 10.6 Å². The summed E-state index contributed by atoms with van der Waals surface area (Å²) in [6.45, 7) is 5.28. The van der Waals surface area contributed by atoms with E-state index in [1.54, 1.807) is 26.0 Å². The highest BCUT2D eigenvalue weighted by molar-refractivity contribution is 7.88. The van der Waals surface area contributed by atoms with Crippen LogP contribution in [-0.4, -0.2) is 37.1 Å². The van der Waals surface area contributed by atoms with Crippen molar-refractivity contribution in [3.63, 3.8) is 0 Å². The lowest BCUT2D eigenvalue weighted by Gasteiger charge is -2.14. The lowest BCUT2D eigenvalue weighted by Crippen LogP contribution is -2.32. The van der Waals surface area contributed by atoms with Gasteiger partial charge in [-0.25, -0.2) is 13.1 Å². The number of nitrogens with one attached hydrogen (secondary N) is 4. The molecule has 0 spiro atoms. The molecule has 1 aliphatic rings. The van der Waals surface area contributed by atoms with Crippen LogP contribution < -0.4 is 15.4 Å². The van der Waals surface area contributed by atoms with Crippen molar-refractivity contribution < 1.29 is 13.2 Å². The minimum absolute atomic E-state index is 0.126. The van der Waals surface area contributed by atoms with Crippen LogP contribution in [0.3, 0.4) is 0 Å². The van der Waals surface area contributed by atoms with Crippen LogP contribution in [0.4, 0.5) is 0 Å². The second kappa shape index (κ2) is 8.20. The molecule has 0 radical (unpaired) electrons. The molecule has 0 saturated carbocycles. The molecule has 8 nitrogen and oxygen atoms in total. The molecule has 0 unspecified atom stereocenters. The first-order chi connectivity index (χ1) is 12.9. The normalized spacial score (nSPS) is 14.2. The van der Waals surface area contributed by atoms with Crippen LogP contribution in [0.25, 0.3) is 0 Å². The summed E-state index contributed by atoms with van der Waals surface area (Å²) in [7, 11) is -3.44. The highest BCUT2D eigenvalue weighted by Gasteiger charge is 2.22. The second-order valence-corrected chi connectivity index (χ2v) is 8.69. The van der Waals surface area contributed by atoms with Crippen LogP contribution >= 0.6 is 0 Å². The first kappa shape index (κ1) is 19.5. The summed E-state index contributed by atoms with van der Waals surface area (Å²) in [5.74, 6) is -0.395.